The van der Waals surface area contributed by atoms with Crippen molar-refractivity contribution in [3.63, 3.8) is 0 Å². The Balaban J connectivity index is 1.90. The number of nitrogens with two attached hydrogens (primary N) is 1. The van der Waals surface area contributed by atoms with E-state index in [1.807, 2.05) is 36.4 Å². The largest absolute Gasteiger partial charge is 0.482 e. The zero-order chi connectivity index (χ0) is 11.7. The molecule has 1 heterocycles. The maximum Gasteiger partial charge on any atom is 0.145 e. The van der Waals surface area contributed by atoms with Gasteiger partial charge in [0.25, 0.3) is 0 Å². The van der Waals surface area contributed by atoms with Crippen molar-refractivity contribution >= 4 is 11.4 Å². The Labute approximate surface area is 100 Å². The van der Waals surface area contributed by atoms with Gasteiger partial charge in [0.1, 0.15) is 11.9 Å². The van der Waals surface area contributed by atoms with E-state index < -0.39 is 0 Å². The van der Waals surface area contributed by atoms with Crippen LogP contribution >= 0.6 is 0 Å². The SMILES string of the molecule is Nc1ccc2c(c1)OC(c1ccccc1)CN2. The van der Waals surface area contributed by atoms with Gasteiger partial charge in [-0.05, 0) is 17.7 Å². The molecule has 0 spiro atoms. The molecule has 1 aliphatic heterocycles. The van der Waals surface area contributed by atoms with Gasteiger partial charge in [0.05, 0.1) is 12.2 Å². The van der Waals surface area contributed by atoms with Gasteiger partial charge in [0.2, 0.25) is 0 Å². The van der Waals surface area contributed by atoms with Crippen molar-refractivity contribution in [3.05, 3.63) is 54.1 Å². The van der Waals surface area contributed by atoms with E-state index in [0.717, 1.165) is 23.7 Å². The van der Waals surface area contributed by atoms with Gasteiger partial charge in [-0.15, -0.1) is 0 Å². The van der Waals surface area contributed by atoms with Crippen LogP contribution in [0.15, 0.2) is 48.5 Å². The lowest BCUT2D eigenvalue weighted by Crippen LogP contribution is -2.23. The van der Waals surface area contributed by atoms with E-state index in [9.17, 15) is 0 Å². The van der Waals surface area contributed by atoms with Crippen LogP contribution in [0.3, 0.4) is 0 Å². The minimum absolute atomic E-state index is 0.0468. The third-order valence-electron chi connectivity index (χ3n) is 2.92. The number of hydrogen-bond acceptors (Lipinski definition) is 3. The maximum absolute atomic E-state index is 5.96. The van der Waals surface area contributed by atoms with Crippen molar-refractivity contribution in [2.75, 3.05) is 17.6 Å². The van der Waals surface area contributed by atoms with E-state index >= 15 is 0 Å². The van der Waals surface area contributed by atoms with Crippen LogP contribution in [0.1, 0.15) is 11.7 Å². The molecule has 1 aliphatic rings. The van der Waals surface area contributed by atoms with Crippen LogP contribution in [0.25, 0.3) is 0 Å². The highest BCUT2D eigenvalue weighted by Crippen LogP contribution is 2.35. The summed E-state index contributed by atoms with van der Waals surface area (Å²) in [7, 11) is 0. The molecule has 1 unspecified atom stereocenters. The number of nitrogens with one attached hydrogen (secondary N) is 1. The van der Waals surface area contributed by atoms with Crippen LogP contribution in [0.2, 0.25) is 0 Å². The summed E-state index contributed by atoms with van der Waals surface area (Å²) in [5.41, 5.74) is 8.66. The lowest BCUT2D eigenvalue weighted by molar-refractivity contribution is 0.210. The van der Waals surface area contributed by atoms with Crippen LogP contribution in [-0.2, 0) is 0 Å². The number of rotatable bonds is 1. The first-order chi connectivity index (χ1) is 8.33. The fraction of sp³-hybridized carbons (Fsp3) is 0.143. The second-order valence-electron chi connectivity index (χ2n) is 4.15. The Hall–Kier alpha value is -2.16. The first kappa shape index (κ1) is 10.0. The van der Waals surface area contributed by atoms with Crippen LogP contribution in [-0.4, -0.2) is 6.54 Å². The number of ether oxygens (including phenoxy) is 1. The molecule has 0 radical (unpaired) electrons. The molecule has 1 atom stereocenters. The molecule has 0 saturated heterocycles. The standard InChI is InChI=1S/C14H14N2O/c15-11-6-7-12-13(8-11)17-14(9-16-12)10-4-2-1-3-5-10/h1-8,14,16H,9,15H2. The van der Waals surface area contributed by atoms with Crippen molar-refractivity contribution in [1.82, 2.24) is 0 Å². The van der Waals surface area contributed by atoms with Gasteiger partial charge in [0.15, 0.2) is 0 Å². The highest BCUT2D eigenvalue weighted by molar-refractivity contribution is 5.63. The molecule has 0 amide bonds. The number of nitrogen functional groups attached to an aromatic ring is 1. The first-order valence-electron chi connectivity index (χ1n) is 5.68. The summed E-state index contributed by atoms with van der Waals surface area (Å²) in [4.78, 5) is 0. The van der Waals surface area contributed by atoms with Crippen LogP contribution in [0.5, 0.6) is 5.75 Å². The fourth-order valence-corrected chi connectivity index (χ4v) is 2.03. The van der Waals surface area contributed by atoms with E-state index in [0.29, 0.717) is 0 Å². The van der Waals surface area contributed by atoms with Gasteiger partial charge in [-0.1, -0.05) is 30.3 Å². The summed E-state index contributed by atoms with van der Waals surface area (Å²) in [6.45, 7) is 0.779. The van der Waals surface area contributed by atoms with Crippen LogP contribution in [0, 0.1) is 0 Å². The van der Waals surface area contributed by atoms with Gasteiger partial charge in [-0.2, -0.15) is 0 Å². The fourth-order valence-electron chi connectivity index (χ4n) is 2.03. The van der Waals surface area contributed by atoms with E-state index in [2.05, 4.69) is 17.4 Å². The predicted octanol–water partition coefficient (Wildman–Crippen LogP) is 2.81. The van der Waals surface area contributed by atoms with Crippen molar-refractivity contribution in [2.45, 2.75) is 6.10 Å². The zero-order valence-electron chi connectivity index (χ0n) is 9.39. The molecule has 3 nitrogen and oxygen atoms in total. The summed E-state index contributed by atoms with van der Waals surface area (Å²) in [6, 6.07) is 15.9. The molecule has 86 valence electrons. The minimum Gasteiger partial charge on any atom is -0.482 e. The van der Waals surface area contributed by atoms with Crippen molar-refractivity contribution < 1.29 is 4.74 Å². The Kier molecular flexibility index (Phi) is 2.37. The van der Waals surface area contributed by atoms with Gasteiger partial charge in [-0.25, -0.2) is 0 Å². The average molecular weight is 226 g/mol. The Morgan fingerprint density at radius 2 is 1.94 bits per heavy atom. The molecule has 0 aliphatic carbocycles. The average Bonchev–Trinajstić information content (AvgIpc) is 2.39. The molecular weight excluding hydrogens is 212 g/mol. The third kappa shape index (κ3) is 1.91. The van der Waals surface area contributed by atoms with Gasteiger partial charge >= 0.3 is 0 Å². The highest BCUT2D eigenvalue weighted by atomic mass is 16.5. The highest BCUT2D eigenvalue weighted by Gasteiger charge is 2.20. The maximum atomic E-state index is 5.96. The predicted molar refractivity (Wildman–Crippen MR) is 69.2 cm³/mol. The lowest BCUT2D eigenvalue weighted by Gasteiger charge is -2.27. The van der Waals surface area contributed by atoms with Crippen molar-refractivity contribution in [2.24, 2.45) is 0 Å². The molecular formula is C14H14N2O. The normalized spacial score (nSPS) is 17.8. The van der Waals surface area contributed by atoms with Crippen molar-refractivity contribution in [3.8, 4) is 5.75 Å². The summed E-state index contributed by atoms with van der Waals surface area (Å²) >= 11 is 0. The second kappa shape index (κ2) is 4.01. The molecule has 2 aromatic rings. The number of anilines is 2. The summed E-state index contributed by atoms with van der Waals surface area (Å²) in [6.07, 6.45) is 0.0468. The molecule has 0 aromatic heterocycles. The van der Waals surface area contributed by atoms with E-state index in [4.69, 9.17) is 10.5 Å². The molecule has 3 rings (SSSR count). The Morgan fingerprint density at radius 1 is 1.12 bits per heavy atom. The number of benzene rings is 2. The quantitative estimate of drug-likeness (QED) is 0.735. The monoisotopic (exact) mass is 226 g/mol. The van der Waals surface area contributed by atoms with Crippen LogP contribution in [0.4, 0.5) is 11.4 Å². The Bertz CT molecular complexity index is 525. The summed E-state index contributed by atoms with van der Waals surface area (Å²) in [5, 5.41) is 3.36. The van der Waals surface area contributed by atoms with E-state index in [1.54, 1.807) is 0 Å². The molecule has 0 bridgehead atoms. The number of hydrogen-bond donors (Lipinski definition) is 2. The van der Waals surface area contributed by atoms with E-state index in [1.165, 1.54) is 5.56 Å². The van der Waals surface area contributed by atoms with Crippen LogP contribution < -0.4 is 15.8 Å². The molecule has 3 N–H and O–H groups in total. The molecule has 2 aromatic carbocycles. The smallest absolute Gasteiger partial charge is 0.145 e. The third-order valence-corrected chi connectivity index (χ3v) is 2.92. The zero-order valence-corrected chi connectivity index (χ0v) is 9.39. The van der Waals surface area contributed by atoms with Gasteiger partial charge in [0, 0.05) is 11.8 Å². The molecule has 0 saturated carbocycles. The molecule has 0 fully saturated rings. The van der Waals surface area contributed by atoms with Gasteiger partial charge in [-0.3, -0.25) is 0 Å². The topological polar surface area (TPSA) is 47.3 Å². The van der Waals surface area contributed by atoms with Gasteiger partial charge < -0.3 is 15.8 Å². The van der Waals surface area contributed by atoms with Crippen molar-refractivity contribution in [1.29, 1.82) is 0 Å². The van der Waals surface area contributed by atoms with E-state index in [-0.39, 0.29) is 6.10 Å². The summed E-state index contributed by atoms with van der Waals surface area (Å²) < 4.78 is 5.96. The number of fused-ring (bicyclic) bond motifs is 1. The molecule has 3 heteroatoms. The Morgan fingerprint density at radius 3 is 2.76 bits per heavy atom. The molecule has 17 heavy (non-hydrogen) atoms. The lowest BCUT2D eigenvalue weighted by atomic mass is 10.1. The minimum atomic E-state index is 0.0468. The first-order valence-corrected chi connectivity index (χ1v) is 5.68. The summed E-state index contributed by atoms with van der Waals surface area (Å²) in [5.74, 6) is 0.824. The second-order valence-corrected chi connectivity index (χ2v) is 4.15.